The molecule has 0 saturated carbocycles. The molecule has 1 rings (SSSR count). The van der Waals surface area contributed by atoms with Crippen molar-refractivity contribution in [3.05, 3.63) is 0 Å². The first-order valence-corrected chi connectivity index (χ1v) is 5.34. The van der Waals surface area contributed by atoms with Gasteiger partial charge in [0.25, 0.3) is 0 Å². The van der Waals surface area contributed by atoms with Gasteiger partial charge < -0.3 is 14.8 Å². The number of amides is 1. The van der Waals surface area contributed by atoms with Crippen LogP contribution in [0.3, 0.4) is 0 Å². The summed E-state index contributed by atoms with van der Waals surface area (Å²) in [5, 5.41) is 2.84. The Balaban J connectivity index is 2.06. The highest BCUT2D eigenvalue weighted by Crippen LogP contribution is 2.06. The molecule has 1 fully saturated rings. The molecule has 1 heterocycles. The van der Waals surface area contributed by atoms with E-state index in [1.54, 1.807) is 0 Å². The van der Waals surface area contributed by atoms with E-state index < -0.39 is 0 Å². The quantitative estimate of drug-likeness (QED) is 0.704. The molecule has 1 amide bonds. The summed E-state index contributed by atoms with van der Waals surface area (Å²) in [6, 6.07) is 0.234. The van der Waals surface area contributed by atoms with Gasteiger partial charge in [0.2, 0.25) is 0 Å². The number of alkyl carbamates (subject to hydrolysis) is 1. The monoisotopic (exact) mass is 201 g/mol. The smallest absolute Gasteiger partial charge is 0.407 e. The van der Waals surface area contributed by atoms with Crippen LogP contribution in [0.25, 0.3) is 0 Å². The maximum absolute atomic E-state index is 11.2. The molecule has 0 bridgehead atoms. The van der Waals surface area contributed by atoms with E-state index in [0.29, 0.717) is 6.61 Å². The Kier molecular flexibility index (Phi) is 5.37. The van der Waals surface area contributed by atoms with Crippen LogP contribution in [-0.2, 0) is 9.47 Å². The van der Waals surface area contributed by atoms with Crippen LogP contribution >= 0.6 is 0 Å². The van der Waals surface area contributed by atoms with Gasteiger partial charge in [0, 0.05) is 19.3 Å². The third kappa shape index (κ3) is 4.46. The first-order chi connectivity index (χ1) is 6.83. The van der Waals surface area contributed by atoms with Gasteiger partial charge in [0.1, 0.15) is 0 Å². The largest absolute Gasteiger partial charge is 0.450 e. The average molecular weight is 201 g/mol. The summed E-state index contributed by atoms with van der Waals surface area (Å²) in [5.74, 6) is 0. The molecule has 14 heavy (non-hydrogen) atoms. The predicted octanol–water partition coefficient (Wildman–Crippen LogP) is 1.69. The van der Waals surface area contributed by atoms with Gasteiger partial charge in [-0.3, -0.25) is 0 Å². The normalized spacial score (nSPS) is 17.8. The highest BCUT2D eigenvalue weighted by atomic mass is 16.5. The standard InChI is InChI=1S/C10H19NO3/c1-2-3-6-14-10(12)11-9-4-7-13-8-5-9/h9H,2-8H2,1H3,(H,11,12). The number of hydrogen-bond acceptors (Lipinski definition) is 3. The van der Waals surface area contributed by atoms with E-state index in [1.807, 2.05) is 0 Å². The molecular weight excluding hydrogens is 182 g/mol. The predicted molar refractivity (Wildman–Crippen MR) is 53.2 cm³/mol. The molecule has 0 atom stereocenters. The second-order valence-corrected chi connectivity index (χ2v) is 3.52. The van der Waals surface area contributed by atoms with Crippen LogP contribution in [0, 0.1) is 0 Å². The summed E-state index contributed by atoms with van der Waals surface area (Å²) < 4.78 is 10.2. The van der Waals surface area contributed by atoms with Crippen molar-refractivity contribution in [2.45, 2.75) is 38.6 Å². The van der Waals surface area contributed by atoms with Gasteiger partial charge >= 0.3 is 6.09 Å². The number of unbranched alkanes of at least 4 members (excludes halogenated alkanes) is 1. The maximum Gasteiger partial charge on any atom is 0.407 e. The van der Waals surface area contributed by atoms with Gasteiger partial charge in [-0.05, 0) is 19.3 Å². The fourth-order valence-electron chi connectivity index (χ4n) is 1.36. The van der Waals surface area contributed by atoms with Crippen LogP contribution in [0.15, 0.2) is 0 Å². The Morgan fingerprint density at radius 1 is 1.50 bits per heavy atom. The number of hydrogen-bond donors (Lipinski definition) is 1. The Morgan fingerprint density at radius 2 is 2.21 bits per heavy atom. The summed E-state index contributed by atoms with van der Waals surface area (Å²) >= 11 is 0. The molecule has 0 aromatic rings. The van der Waals surface area contributed by atoms with Gasteiger partial charge in [-0.1, -0.05) is 13.3 Å². The third-order valence-corrected chi connectivity index (χ3v) is 2.27. The fraction of sp³-hybridized carbons (Fsp3) is 0.900. The van der Waals surface area contributed by atoms with Gasteiger partial charge in [0.05, 0.1) is 6.61 Å². The van der Waals surface area contributed by atoms with Crippen molar-refractivity contribution in [1.29, 1.82) is 0 Å². The van der Waals surface area contributed by atoms with E-state index in [0.717, 1.165) is 38.9 Å². The Labute approximate surface area is 85.0 Å². The SMILES string of the molecule is CCCCOC(=O)NC1CCOCC1. The van der Waals surface area contributed by atoms with E-state index in [2.05, 4.69) is 12.2 Å². The number of carbonyl (C=O) groups is 1. The molecule has 0 aromatic carbocycles. The minimum atomic E-state index is -0.287. The molecule has 0 aromatic heterocycles. The Morgan fingerprint density at radius 3 is 2.86 bits per heavy atom. The zero-order chi connectivity index (χ0) is 10.2. The Hall–Kier alpha value is -0.770. The molecule has 1 N–H and O–H groups in total. The summed E-state index contributed by atoms with van der Waals surface area (Å²) in [7, 11) is 0. The topological polar surface area (TPSA) is 47.6 Å². The first-order valence-electron chi connectivity index (χ1n) is 5.34. The lowest BCUT2D eigenvalue weighted by atomic mass is 10.1. The van der Waals surface area contributed by atoms with Gasteiger partial charge in [-0.25, -0.2) is 4.79 Å². The van der Waals surface area contributed by atoms with Crippen molar-refractivity contribution < 1.29 is 14.3 Å². The minimum absolute atomic E-state index is 0.234. The zero-order valence-corrected chi connectivity index (χ0v) is 8.75. The van der Waals surface area contributed by atoms with Crippen molar-refractivity contribution >= 4 is 6.09 Å². The molecule has 1 aliphatic heterocycles. The van der Waals surface area contributed by atoms with Crippen LogP contribution < -0.4 is 5.32 Å². The summed E-state index contributed by atoms with van der Waals surface area (Å²) in [5.41, 5.74) is 0. The minimum Gasteiger partial charge on any atom is -0.450 e. The van der Waals surface area contributed by atoms with Crippen molar-refractivity contribution in [2.75, 3.05) is 19.8 Å². The molecule has 1 aliphatic rings. The second-order valence-electron chi connectivity index (χ2n) is 3.52. The molecule has 0 spiro atoms. The van der Waals surface area contributed by atoms with E-state index in [4.69, 9.17) is 9.47 Å². The first kappa shape index (κ1) is 11.3. The lowest BCUT2D eigenvalue weighted by molar-refractivity contribution is 0.0733. The summed E-state index contributed by atoms with van der Waals surface area (Å²) in [6.07, 6.45) is 3.47. The molecule has 0 unspecified atom stereocenters. The molecule has 82 valence electrons. The van der Waals surface area contributed by atoms with Gasteiger partial charge in [-0.15, -0.1) is 0 Å². The van der Waals surface area contributed by atoms with E-state index in [1.165, 1.54) is 0 Å². The molecule has 1 saturated heterocycles. The van der Waals surface area contributed by atoms with Crippen molar-refractivity contribution in [3.63, 3.8) is 0 Å². The molecular formula is C10H19NO3. The van der Waals surface area contributed by atoms with E-state index in [-0.39, 0.29) is 12.1 Å². The highest BCUT2D eigenvalue weighted by Gasteiger charge is 2.16. The van der Waals surface area contributed by atoms with E-state index in [9.17, 15) is 4.79 Å². The number of ether oxygens (including phenoxy) is 2. The lowest BCUT2D eigenvalue weighted by Crippen LogP contribution is -2.39. The Bertz CT molecular complexity index is 167. The molecule has 4 nitrogen and oxygen atoms in total. The van der Waals surface area contributed by atoms with Crippen LogP contribution in [0.2, 0.25) is 0 Å². The summed E-state index contributed by atoms with van der Waals surface area (Å²) in [4.78, 5) is 11.2. The third-order valence-electron chi connectivity index (χ3n) is 2.27. The number of nitrogens with one attached hydrogen (secondary N) is 1. The molecule has 0 aliphatic carbocycles. The highest BCUT2D eigenvalue weighted by molar-refractivity contribution is 5.67. The van der Waals surface area contributed by atoms with Crippen molar-refractivity contribution in [3.8, 4) is 0 Å². The lowest BCUT2D eigenvalue weighted by Gasteiger charge is -2.22. The van der Waals surface area contributed by atoms with Crippen LogP contribution in [0.1, 0.15) is 32.6 Å². The van der Waals surface area contributed by atoms with E-state index >= 15 is 0 Å². The van der Waals surface area contributed by atoms with Gasteiger partial charge in [0.15, 0.2) is 0 Å². The number of carbonyl (C=O) groups excluding carboxylic acids is 1. The van der Waals surface area contributed by atoms with Crippen LogP contribution in [-0.4, -0.2) is 32.0 Å². The van der Waals surface area contributed by atoms with Crippen LogP contribution in [0.5, 0.6) is 0 Å². The maximum atomic E-state index is 11.2. The van der Waals surface area contributed by atoms with Crippen LogP contribution in [0.4, 0.5) is 4.79 Å². The summed E-state index contributed by atoms with van der Waals surface area (Å²) in [6.45, 7) is 4.06. The molecule has 0 radical (unpaired) electrons. The number of rotatable bonds is 4. The fourth-order valence-corrected chi connectivity index (χ4v) is 1.36. The van der Waals surface area contributed by atoms with Crippen molar-refractivity contribution in [1.82, 2.24) is 5.32 Å². The molecule has 4 heteroatoms. The average Bonchev–Trinajstić information content (AvgIpc) is 2.20. The van der Waals surface area contributed by atoms with Crippen molar-refractivity contribution in [2.24, 2.45) is 0 Å². The second kappa shape index (κ2) is 6.65. The van der Waals surface area contributed by atoms with Gasteiger partial charge in [-0.2, -0.15) is 0 Å². The zero-order valence-electron chi connectivity index (χ0n) is 8.75.